The van der Waals surface area contributed by atoms with Gasteiger partial charge < -0.3 is 9.67 Å². The molecule has 1 N–H and O–H groups in total. The van der Waals surface area contributed by atoms with E-state index >= 15 is 0 Å². The zero-order valence-corrected chi connectivity index (χ0v) is 13.7. The van der Waals surface area contributed by atoms with Crippen LogP contribution in [0.1, 0.15) is 39.3 Å². The number of benzene rings is 1. The predicted molar refractivity (Wildman–Crippen MR) is 87.7 cm³/mol. The third kappa shape index (κ3) is 3.42. The molecule has 0 saturated carbocycles. The molecule has 0 radical (unpaired) electrons. The molecular weight excluding hydrogens is 312 g/mol. The summed E-state index contributed by atoms with van der Waals surface area (Å²) >= 11 is 1.44. The monoisotopic (exact) mass is 330 g/mol. The van der Waals surface area contributed by atoms with Gasteiger partial charge in [0.25, 0.3) is 5.91 Å². The van der Waals surface area contributed by atoms with Crippen molar-refractivity contribution in [2.45, 2.75) is 39.2 Å². The number of carbonyl (C=O) groups is 2. The average molecular weight is 330 g/mol. The van der Waals surface area contributed by atoms with Crippen molar-refractivity contribution in [2.75, 3.05) is 0 Å². The summed E-state index contributed by atoms with van der Waals surface area (Å²) in [6.07, 6.45) is 3.95. The van der Waals surface area contributed by atoms with E-state index in [1.54, 1.807) is 16.7 Å². The second kappa shape index (κ2) is 6.50. The fourth-order valence-corrected chi connectivity index (χ4v) is 3.98. The van der Waals surface area contributed by atoms with Crippen LogP contribution in [-0.4, -0.2) is 21.6 Å². The zero-order valence-electron chi connectivity index (χ0n) is 12.9. The number of carboxylic acids is 1. The molecule has 5 nitrogen and oxygen atoms in total. The Balaban J connectivity index is 2.03. The number of thiazole rings is 1. The van der Waals surface area contributed by atoms with E-state index in [1.165, 1.54) is 11.3 Å². The number of nitrogens with zero attached hydrogens (tertiary/aromatic N) is 2. The summed E-state index contributed by atoms with van der Waals surface area (Å²) in [6, 6.07) is 7.23. The first-order valence-electron chi connectivity index (χ1n) is 7.63. The Morgan fingerprint density at radius 1 is 1.22 bits per heavy atom. The standard InChI is InChI=1S/C17H18N2O3S/c1-11-6-8-12(9-7-11)16(22)18-17-19(10-15(20)21)13-4-2-3-5-14(13)23-17/h6-9H,2-5,10H2,1H3,(H,20,21)/b18-17-. The van der Waals surface area contributed by atoms with Gasteiger partial charge in [0, 0.05) is 16.1 Å². The summed E-state index contributed by atoms with van der Waals surface area (Å²) in [5.74, 6) is -1.25. The molecule has 1 aliphatic carbocycles. The van der Waals surface area contributed by atoms with Crippen molar-refractivity contribution in [1.29, 1.82) is 0 Å². The Morgan fingerprint density at radius 3 is 2.61 bits per heavy atom. The van der Waals surface area contributed by atoms with Crippen LogP contribution in [-0.2, 0) is 24.2 Å². The van der Waals surface area contributed by atoms with E-state index in [0.29, 0.717) is 10.4 Å². The normalized spacial score (nSPS) is 14.6. The number of carboxylic acid groups (broad SMARTS) is 1. The number of hydrogen-bond donors (Lipinski definition) is 1. The van der Waals surface area contributed by atoms with Crippen molar-refractivity contribution in [1.82, 2.24) is 4.57 Å². The molecule has 23 heavy (non-hydrogen) atoms. The van der Waals surface area contributed by atoms with Gasteiger partial charge in [0.05, 0.1) is 0 Å². The van der Waals surface area contributed by atoms with Crippen LogP contribution in [0.2, 0.25) is 0 Å². The molecule has 120 valence electrons. The lowest BCUT2D eigenvalue weighted by atomic mass is 10.0. The van der Waals surface area contributed by atoms with Crippen molar-refractivity contribution >= 4 is 23.2 Å². The van der Waals surface area contributed by atoms with Crippen LogP contribution in [0.25, 0.3) is 0 Å². The number of fused-ring (bicyclic) bond motifs is 1. The Hall–Kier alpha value is -2.21. The summed E-state index contributed by atoms with van der Waals surface area (Å²) < 4.78 is 1.69. The zero-order chi connectivity index (χ0) is 16.4. The number of aromatic nitrogens is 1. The van der Waals surface area contributed by atoms with Crippen LogP contribution in [0.4, 0.5) is 0 Å². The summed E-state index contributed by atoms with van der Waals surface area (Å²) in [7, 11) is 0. The molecule has 0 fully saturated rings. The molecule has 1 heterocycles. The van der Waals surface area contributed by atoms with Gasteiger partial charge in [-0.1, -0.05) is 17.7 Å². The number of aryl methyl sites for hydroxylation is 2. The number of aliphatic carboxylic acids is 1. The number of carbonyl (C=O) groups excluding carboxylic acids is 1. The largest absolute Gasteiger partial charge is 0.480 e. The van der Waals surface area contributed by atoms with E-state index in [0.717, 1.165) is 41.8 Å². The molecule has 0 spiro atoms. The topological polar surface area (TPSA) is 71.7 Å². The van der Waals surface area contributed by atoms with Crippen LogP contribution >= 0.6 is 11.3 Å². The van der Waals surface area contributed by atoms with Gasteiger partial charge >= 0.3 is 5.97 Å². The highest BCUT2D eigenvalue weighted by molar-refractivity contribution is 7.09. The van der Waals surface area contributed by atoms with Gasteiger partial charge in [0.2, 0.25) is 0 Å². The van der Waals surface area contributed by atoms with Gasteiger partial charge in [-0.05, 0) is 44.7 Å². The molecule has 1 aliphatic rings. The Labute approximate surface area is 137 Å². The number of rotatable bonds is 3. The Bertz CT molecular complexity index is 815. The van der Waals surface area contributed by atoms with Crippen molar-refractivity contribution in [3.05, 3.63) is 50.8 Å². The highest BCUT2D eigenvalue weighted by Gasteiger charge is 2.19. The van der Waals surface area contributed by atoms with Gasteiger partial charge in [-0.2, -0.15) is 4.99 Å². The maximum atomic E-state index is 12.4. The van der Waals surface area contributed by atoms with Gasteiger partial charge in [-0.15, -0.1) is 11.3 Å². The first-order chi connectivity index (χ1) is 11.0. The average Bonchev–Trinajstić information content (AvgIpc) is 2.85. The first-order valence-corrected chi connectivity index (χ1v) is 8.45. The van der Waals surface area contributed by atoms with E-state index in [-0.39, 0.29) is 12.5 Å². The molecule has 0 atom stereocenters. The fraction of sp³-hybridized carbons (Fsp3) is 0.353. The highest BCUT2D eigenvalue weighted by atomic mass is 32.1. The molecule has 6 heteroatoms. The van der Waals surface area contributed by atoms with Crippen LogP contribution in [0.3, 0.4) is 0 Å². The van der Waals surface area contributed by atoms with E-state index in [2.05, 4.69) is 4.99 Å². The lowest BCUT2D eigenvalue weighted by molar-refractivity contribution is -0.137. The predicted octanol–water partition coefficient (Wildman–Crippen LogP) is 2.56. The molecule has 0 bridgehead atoms. The molecular formula is C17H18N2O3S. The maximum Gasteiger partial charge on any atom is 0.323 e. The summed E-state index contributed by atoms with van der Waals surface area (Å²) in [5.41, 5.74) is 2.62. The smallest absolute Gasteiger partial charge is 0.323 e. The van der Waals surface area contributed by atoms with Gasteiger partial charge in [0.1, 0.15) is 6.54 Å². The van der Waals surface area contributed by atoms with Crippen molar-refractivity contribution in [2.24, 2.45) is 4.99 Å². The highest BCUT2D eigenvalue weighted by Crippen LogP contribution is 2.23. The maximum absolute atomic E-state index is 12.4. The van der Waals surface area contributed by atoms with E-state index in [1.807, 2.05) is 19.1 Å². The molecule has 0 unspecified atom stereocenters. The molecule has 1 aromatic carbocycles. The Kier molecular flexibility index (Phi) is 4.43. The minimum Gasteiger partial charge on any atom is -0.480 e. The lowest BCUT2D eigenvalue weighted by Gasteiger charge is -2.12. The quantitative estimate of drug-likeness (QED) is 0.940. The van der Waals surface area contributed by atoms with E-state index in [9.17, 15) is 9.59 Å². The molecule has 2 aromatic rings. The molecule has 1 aromatic heterocycles. The first kappa shape index (κ1) is 15.7. The van der Waals surface area contributed by atoms with E-state index in [4.69, 9.17) is 5.11 Å². The molecule has 1 amide bonds. The van der Waals surface area contributed by atoms with Crippen molar-refractivity contribution < 1.29 is 14.7 Å². The minimum atomic E-state index is -0.916. The lowest BCUT2D eigenvalue weighted by Crippen LogP contribution is -2.24. The van der Waals surface area contributed by atoms with Gasteiger partial charge in [-0.25, -0.2) is 0 Å². The van der Waals surface area contributed by atoms with Crippen LogP contribution in [0, 0.1) is 6.92 Å². The number of hydrogen-bond acceptors (Lipinski definition) is 3. The van der Waals surface area contributed by atoms with Crippen LogP contribution in [0.5, 0.6) is 0 Å². The van der Waals surface area contributed by atoms with Crippen LogP contribution in [0.15, 0.2) is 29.3 Å². The van der Waals surface area contributed by atoms with Crippen molar-refractivity contribution in [3.8, 4) is 0 Å². The van der Waals surface area contributed by atoms with Gasteiger partial charge in [0.15, 0.2) is 4.80 Å². The molecule has 3 rings (SSSR count). The molecule has 0 aliphatic heterocycles. The van der Waals surface area contributed by atoms with E-state index < -0.39 is 5.97 Å². The SMILES string of the molecule is Cc1ccc(C(=O)/N=c2\sc3c(n2CC(=O)O)CCCC3)cc1. The summed E-state index contributed by atoms with van der Waals surface area (Å²) in [6.45, 7) is 1.81. The van der Waals surface area contributed by atoms with Gasteiger partial charge in [-0.3, -0.25) is 9.59 Å². The summed E-state index contributed by atoms with van der Waals surface area (Å²) in [4.78, 5) is 29.4. The Morgan fingerprint density at radius 2 is 1.91 bits per heavy atom. The fourth-order valence-electron chi connectivity index (χ4n) is 2.77. The second-order valence-electron chi connectivity index (χ2n) is 5.72. The molecule has 0 saturated heterocycles. The third-order valence-electron chi connectivity index (χ3n) is 3.95. The second-order valence-corrected chi connectivity index (χ2v) is 6.79. The van der Waals surface area contributed by atoms with Crippen molar-refractivity contribution in [3.63, 3.8) is 0 Å². The number of amides is 1. The summed E-state index contributed by atoms with van der Waals surface area (Å²) in [5, 5.41) is 9.15. The van der Waals surface area contributed by atoms with Crippen LogP contribution < -0.4 is 4.80 Å². The minimum absolute atomic E-state index is 0.147. The third-order valence-corrected chi connectivity index (χ3v) is 5.13.